The fraction of sp³-hybridized carbons (Fsp3) is 0.500. The van der Waals surface area contributed by atoms with E-state index in [4.69, 9.17) is 23.7 Å². The summed E-state index contributed by atoms with van der Waals surface area (Å²) in [5, 5.41) is 9.74. The average molecular weight is 501 g/mol. The van der Waals surface area contributed by atoms with Gasteiger partial charge in [-0.25, -0.2) is 4.79 Å². The first-order valence-corrected chi connectivity index (χ1v) is 11.7. The molecule has 12 nitrogen and oxygen atoms in total. The fourth-order valence-electron chi connectivity index (χ4n) is 4.79. The summed E-state index contributed by atoms with van der Waals surface area (Å²) in [4.78, 5) is 38.1. The number of H-pyrrole nitrogens is 1. The number of nitrogens with zero attached hydrogens (tertiary/aromatic N) is 2. The largest absolute Gasteiger partial charge is 0.496 e. The topological polar surface area (TPSA) is 141 Å². The number of morpholine rings is 1. The maximum Gasteiger partial charge on any atom is 0.410 e. The lowest BCUT2D eigenvalue weighted by atomic mass is 9.80. The SMILES string of the molecule is COc1cc(OC)c(C=O)c(OCC(=O)Nc2cc(C3CC(OC(=O)N4C5COC[C@@H]4C5)C3)[nH]n2)c1. The molecule has 1 aliphatic carbocycles. The average Bonchev–Trinajstić information content (AvgIpc) is 3.31. The number of aldehydes is 1. The highest BCUT2D eigenvalue weighted by atomic mass is 16.6. The number of carbonyl (C=O) groups excluding carboxylic acids is 3. The smallest absolute Gasteiger partial charge is 0.410 e. The number of fused-ring (bicyclic) bond motifs is 2. The molecule has 2 aliphatic heterocycles. The zero-order valence-electron chi connectivity index (χ0n) is 20.0. The van der Waals surface area contributed by atoms with E-state index in [1.54, 1.807) is 17.0 Å². The van der Waals surface area contributed by atoms with Crippen LogP contribution in [0, 0.1) is 0 Å². The summed E-state index contributed by atoms with van der Waals surface area (Å²) in [5.74, 6) is 0.945. The third-order valence-corrected chi connectivity index (χ3v) is 6.84. The summed E-state index contributed by atoms with van der Waals surface area (Å²) in [6.45, 7) is 0.821. The standard InChI is InChI=1S/C24H28N4O8/c1-32-16-6-20(33-2)18(9-29)21(7-16)35-12-23(30)25-22-8-19(26-27-22)13-3-17(4-13)36-24(31)28-14-5-15(28)11-34-10-14/h6-9,13-15,17H,3-5,10-12H2,1-2H3,(H2,25,26,27,30)/t13?,14-,15?,17?/m0/s1. The molecule has 3 heterocycles. The molecule has 2 bridgehead atoms. The second kappa shape index (κ2) is 10.1. The van der Waals surface area contributed by atoms with Gasteiger partial charge in [-0.3, -0.25) is 19.6 Å². The van der Waals surface area contributed by atoms with Crippen LogP contribution in [0.15, 0.2) is 18.2 Å². The lowest BCUT2D eigenvalue weighted by Gasteiger charge is -2.51. The Morgan fingerprint density at radius 2 is 1.89 bits per heavy atom. The number of aromatic amines is 1. The van der Waals surface area contributed by atoms with E-state index in [0.29, 0.717) is 43.9 Å². The van der Waals surface area contributed by atoms with Crippen LogP contribution in [-0.4, -0.2) is 85.6 Å². The van der Waals surface area contributed by atoms with Gasteiger partial charge in [0.15, 0.2) is 18.7 Å². The van der Waals surface area contributed by atoms with Crippen molar-refractivity contribution in [3.8, 4) is 17.2 Å². The van der Waals surface area contributed by atoms with Crippen molar-refractivity contribution in [1.82, 2.24) is 15.1 Å². The van der Waals surface area contributed by atoms with Crippen LogP contribution in [0.1, 0.15) is 41.2 Å². The summed E-state index contributed by atoms with van der Waals surface area (Å²) in [5.41, 5.74) is 1.03. The van der Waals surface area contributed by atoms with Gasteiger partial charge in [0.25, 0.3) is 5.91 Å². The summed E-state index contributed by atoms with van der Waals surface area (Å²) < 4.78 is 27.0. The Morgan fingerprint density at radius 3 is 2.56 bits per heavy atom. The summed E-state index contributed by atoms with van der Waals surface area (Å²) in [7, 11) is 2.90. The third kappa shape index (κ3) is 4.68. The zero-order chi connectivity index (χ0) is 25.2. The Labute approximate surface area is 207 Å². The molecule has 0 radical (unpaired) electrons. The quantitative estimate of drug-likeness (QED) is 0.495. The summed E-state index contributed by atoms with van der Waals surface area (Å²) in [6, 6.07) is 5.10. The Kier molecular flexibility index (Phi) is 6.68. The van der Waals surface area contributed by atoms with Gasteiger partial charge in [-0.1, -0.05) is 0 Å². The Hall–Kier alpha value is -3.80. The molecule has 2 amide bonds. The van der Waals surface area contributed by atoms with E-state index in [0.717, 1.165) is 12.1 Å². The van der Waals surface area contributed by atoms with E-state index in [2.05, 4.69) is 15.5 Å². The van der Waals surface area contributed by atoms with Crippen LogP contribution in [0.25, 0.3) is 0 Å². The second-order valence-electron chi connectivity index (χ2n) is 9.07. The Balaban J connectivity index is 1.09. The molecule has 5 rings (SSSR count). The molecule has 192 valence electrons. The number of hydrogen-bond donors (Lipinski definition) is 2. The van der Waals surface area contributed by atoms with Crippen LogP contribution in [-0.2, 0) is 14.3 Å². The molecule has 2 saturated heterocycles. The minimum absolute atomic E-state index is 0.133. The van der Waals surface area contributed by atoms with Gasteiger partial charge < -0.3 is 29.0 Å². The van der Waals surface area contributed by atoms with Gasteiger partial charge in [-0.2, -0.15) is 5.10 Å². The second-order valence-corrected chi connectivity index (χ2v) is 9.07. The third-order valence-electron chi connectivity index (χ3n) is 6.84. The maximum absolute atomic E-state index is 12.4. The van der Waals surface area contributed by atoms with E-state index < -0.39 is 5.91 Å². The van der Waals surface area contributed by atoms with Crippen molar-refractivity contribution in [2.24, 2.45) is 0 Å². The van der Waals surface area contributed by atoms with Gasteiger partial charge in [-0.05, 0) is 19.3 Å². The van der Waals surface area contributed by atoms with Crippen LogP contribution >= 0.6 is 0 Å². The number of ether oxygens (including phenoxy) is 5. The first-order chi connectivity index (χ1) is 17.5. The van der Waals surface area contributed by atoms with Crippen molar-refractivity contribution in [2.45, 2.75) is 43.4 Å². The number of methoxy groups -OCH3 is 2. The van der Waals surface area contributed by atoms with Gasteiger partial charge in [0.1, 0.15) is 23.4 Å². The minimum Gasteiger partial charge on any atom is -0.496 e. The molecule has 1 aromatic heterocycles. The number of aromatic nitrogens is 2. The molecule has 2 N–H and O–H groups in total. The zero-order valence-corrected chi connectivity index (χ0v) is 20.0. The molecule has 1 aromatic carbocycles. The molecule has 36 heavy (non-hydrogen) atoms. The minimum atomic E-state index is -0.448. The van der Waals surface area contributed by atoms with Gasteiger partial charge in [0, 0.05) is 29.8 Å². The lowest BCUT2D eigenvalue weighted by molar-refractivity contribution is -0.121. The number of anilines is 1. The van der Waals surface area contributed by atoms with Crippen molar-refractivity contribution >= 4 is 24.1 Å². The monoisotopic (exact) mass is 500 g/mol. The van der Waals surface area contributed by atoms with E-state index in [1.165, 1.54) is 20.3 Å². The summed E-state index contributed by atoms with van der Waals surface area (Å²) in [6.07, 6.45) is 2.57. The number of hydrogen-bond acceptors (Lipinski definition) is 9. The fourth-order valence-corrected chi connectivity index (χ4v) is 4.79. The molecular formula is C24H28N4O8. The predicted molar refractivity (Wildman–Crippen MR) is 125 cm³/mol. The van der Waals surface area contributed by atoms with Crippen LogP contribution in [0.3, 0.4) is 0 Å². The highest BCUT2D eigenvalue weighted by Gasteiger charge is 2.47. The van der Waals surface area contributed by atoms with Crippen molar-refractivity contribution in [3.63, 3.8) is 0 Å². The number of carbonyl (C=O) groups is 3. The first-order valence-electron chi connectivity index (χ1n) is 11.7. The molecule has 3 fully saturated rings. The molecule has 2 aromatic rings. The van der Waals surface area contributed by atoms with E-state index >= 15 is 0 Å². The molecule has 1 saturated carbocycles. The Bertz CT molecular complexity index is 1130. The Morgan fingerprint density at radius 1 is 1.14 bits per heavy atom. The highest BCUT2D eigenvalue weighted by molar-refractivity contribution is 5.91. The van der Waals surface area contributed by atoms with Gasteiger partial charge >= 0.3 is 6.09 Å². The lowest BCUT2D eigenvalue weighted by Crippen LogP contribution is -2.66. The number of benzene rings is 1. The van der Waals surface area contributed by atoms with Gasteiger partial charge in [0.2, 0.25) is 0 Å². The molecule has 1 unspecified atom stereocenters. The van der Waals surface area contributed by atoms with E-state index in [-0.39, 0.29) is 53.9 Å². The first kappa shape index (κ1) is 23.9. The van der Waals surface area contributed by atoms with Gasteiger partial charge in [-0.15, -0.1) is 0 Å². The molecule has 2 atom stereocenters. The van der Waals surface area contributed by atoms with Crippen LogP contribution in [0.5, 0.6) is 17.2 Å². The number of rotatable bonds is 9. The van der Waals surface area contributed by atoms with Crippen LogP contribution in [0.2, 0.25) is 0 Å². The van der Waals surface area contributed by atoms with Crippen molar-refractivity contribution in [2.75, 3.05) is 39.4 Å². The normalized spacial score (nSPS) is 24.1. The van der Waals surface area contributed by atoms with Crippen LogP contribution in [0.4, 0.5) is 10.6 Å². The number of nitrogens with one attached hydrogen (secondary N) is 2. The molecule has 3 aliphatic rings. The maximum atomic E-state index is 12.4. The predicted octanol–water partition coefficient (Wildman–Crippen LogP) is 2.11. The summed E-state index contributed by atoms with van der Waals surface area (Å²) >= 11 is 0. The highest BCUT2D eigenvalue weighted by Crippen LogP contribution is 2.40. The van der Waals surface area contributed by atoms with Crippen molar-refractivity contribution < 1.29 is 38.1 Å². The van der Waals surface area contributed by atoms with E-state index in [9.17, 15) is 14.4 Å². The number of amides is 2. The molecule has 0 spiro atoms. The van der Waals surface area contributed by atoms with Crippen molar-refractivity contribution in [3.05, 3.63) is 29.5 Å². The van der Waals surface area contributed by atoms with Crippen LogP contribution < -0.4 is 19.5 Å². The van der Waals surface area contributed by atoms with E-state index in [1.807, 2.05) is 0 Å². The van der Waals surface area contributed by atoms with Crippen molar-refractivity contribution in [1.29, 1.82) is 0 Å². The molecular weight excluding hydrogens is 472 g/mol. The van der Waals surface area contributed by atoms with Gasteiger partial charge in [0.05, 0.1) is 45.1 Å². The molecule has 12 heteroatoms.